The van der Waals surface area contributed by atoms with E-state index in [1.165, 1.54) is 47.9 Å². The first kappa shape index (κ1) is 26.3. The summed E-state index contributed by atoms with van der Waals surface area (Å²) in [5.74, 6) is -1.72. The molecule has 0 aliphatic rings. The van der Waals surface area contributed by atoms with Crippen LogP contribution in [0.4, 0.5) is 18.9 Å². The molecular weight excluding hydrogens is 485 g/mol. The highest BCUT2D eigenvalue weighted by atomic mass is 32.2. The van der Waals surface area contributed by atoms with Gasteiger partial charge in [0.1, 0.15) is 5.82 Å². The third kappa shape index (κ3) is 6.23. The molecule has 2 N–H and O–H groups in total. The monoisotopic (exact) mass is 510 g/mol. The van der Waals surface area contributed by atoms with Crippen LogP contribution in [-0.2, 0) is 22.7 Å². The number of benzene rings is 2. The minimum absolute atomic E-state index is 0.0782. The number of aromatic nitrogens is 1. The Bertz CT molecular complexity index is 1320. The van der Waals surface area contributed by atoms with Gasteiger partial charge >= 0.3 is 6.61 Å². The number of sulfone groups is 1. The lowest BCUT2D eigenvalue weighted by molar-refractivity contribution is -0.0500. The van der Waals surface area contributed by atoms with Crippen LogP contribution in [0, 0.1) is 5.82 Å². The topological polar surface area (TPSA) is 97.6 Å². The molecular formula is C24H25F3N2O5S. The maximum Gasteiger partial charge on any atom is 0.387 e. The van der Waals surface area contributed by atoms with Gasteiger partial charge in [0.25, 0.3) is 5.91 Å². The Morgan fingerprint density at radius 1 is 1.14 bits per heavy atom. The van der Waals surface area contributed by atoms with E-state index < -0.39 is 40.0 Å². The van der Waals surface area contributed by atoms with Crippen LogP contribution in [0.15, 0.2) is 53.4 Å². The summed E-state index contributed by atoms with van der Waals surface area (Å²) in [5, 5.41) is 12.7. The molecule has 2 aromatic carbocycles. The first-order valence-corrected chi connectivity index (χ1v) is 12.6. The van der Waals surface area contributed by atoms with E-state index in [1.54, 1.807) is 6.92 Å². The largest absolute Gasteiger partial charge is 0.432 e. The quantitative estimate of drug-likeness (QED) is 0.446. The minimum Gasteiger partial charge on any atom is -0.432 e. The Hall–Kier alpha value is -3.31. The molecule has 188 valence electrons. The van der Waals surface area contributed by atoms with Gasteiger partial charge in [0, 0.05) is 35.8 Å². The molecule has 0 unspecified atom stereocenters. The van der Waals surface area contributed by atoms with Crippen LogP contribution in [0.5, 0.6) is 5.75 Å². The van der Waals surface area contributed by atoms with Crippen LogP contribution in [-0.4, -0.2) is 43.0 Å². The van der Waals surface area contributed by atoms with Crippen LogP contribution < -0.4 is 10.1 Å². The number of rotatable bonds is 9. The molecule has 0 radical (unpaired) electrons. The molecule has 0 aliphatic carbocycles. The molecule has 0 saturated carbocycles. The molecule has 1 aromatic heterocycles. The highest BCUT2D eigenvalue weighted by molar-refractivity contribution is 7.90. The van der Waals surface area contributed by atoms with Crippen molar-refractivity contribution in [3.8, 4) is 11.4 Å². The standard InChI is InChI=1S/C24H25F3N2O5S/c1-4-20-19(23(31)28-16-6-8-18(9-7-16)35(3,32)33)13-17(11-14(2)30)29(20)21-10-5-15(25)12-22(21)34-24(26)27/h5-10,12-14,24,30H,4,11H2,1-3H3,(H,28,31)/t14-/m0/s1. The first-order chi connectivity index (χ1) is 16.4. The normalized spacial score (nSPS) is 12.6. The molecule has 1 heterocycles. The van der Waals surface area contributed by atoms with Crippen molar-refractivity contribution in [3.05, 3.63) is 71.3 Å². The molecule has 1 amide bonds. The average Bonchev–Trinajstić information content (AvgIpc) is 3.10. The van der Waals surface area contributed by atoms with E-state index in [9.17, 15) is 31.5 Å². The fourth-order valence-corrected chi connectivity index (χ4v) is 4.38. The lowest BCUT2D eigenvalue weighted by atomic mass is 10.1. The second-order valence-electron chi connectivity index (χ2n) is 7.98. The van der Waals surface area contributed by atoms with Crippen molar-refractivity contribution in [2.24, 2.45) is 0 Å². The van der Waals surface area contributed by atoms with Gasteiger partial charge in [-0.3, -0.25) is 4.79 Å². The highest BCUT2D eigenvalue weighted by Crippen LogP contribution is 2.32. The van der Waals surface area contributed by atoms with Crippen LogP contribution in [0.25, 0.3) is 5.69 Å². The fourth-order valence-electron chi connectivity index (χ4n) is 3.75. The first-order valence-electron chi connectivity index (χ1n) is 10.7. The van der Waals surface area contributed by atoms with Crippen LogP contribution >= 0.6 is 0 Å². The van der Waals surface area contributed by atoms with E-state index in [0.717, 1.165) is 18.4 Å². The van der Waals surface area contributed by atoms with E-state index in [0.29, 0.717) is 23.5 Å². The maximum absolute atomic E-state index is 13.8. The smallest absolute Gasteiger partial charge is 0.387 e. The second kappa shape index (κ2) is 10.5. The number of aliphatic hydroxyl groups excluding tert-OH is 1. The van der Waals surface area contributed by atoms with Gasteiger partial charge in [-0.15, -0.1) is 0 Å². The van der Waals surface area contributed by atoms with Gasteiger partial charge in [0.2, 0.25) is 0 Å². The van der Waals surface area contributed by atoms with Gasteiger partial charge in [-0.05, 0) is 55.8 Å². The Morgan fingerprint density at radius 2 is 1.80 bits per heavy atom. The molecule has 3 rings (SSSR count). The van der Waals surface area contributed by atoms with Crippen molar-refractivity contribution in [1.29, 1.82) is 0 Å². The second-order valence-corrected chi connectivity index (χ2v) is 10.00. The van der Waals surface area contributed by atoms with E-state index >= 15 is 0 Å². The number of nitrogens with one attached hydrogen (secondary N) is 1. The molecule has 1 atom stereocenters. The van der Waals surface area contributed by atoms with Gasteiger partial charge in [-0.25, -0.2) is 12.8 Å². The number of carbonyl (C=O) groups excluding carboxylic acids is 1. The molecule has 0 bridgehead atoms. The van der Waals surface area contributed by atoms with Crippen molar-refractivity contribution >= 4 is 21.4 Å². The number of nitrogens with zero attached hydrogens (tertiary/aromatic N) is 1. The van der Waals surface area contributed by atoms with Crippen LogP contribution in [0.2, 0.25) is 0 Å². The minimum atomic E-state index is -3.40. The van der Waals surface area contributed by atoms with E-state index in [1.807, 2.05) is 0 Å². The third-order valence-corrected chi connectivity index (χ3v) is 6.31. The number of hydrogen-bond acceptors (Lipinski definition) is 5. The van der Waals surface area contributed by atoms with Gasteiger partial charge in [-0.1, -0.05) is 6.92 Å². The highest BCUT2D eigenvalue weighted by Gasteiger charge is 2.24. The van der Waals surface area contributed by atoms with Crippen LogP contribution in [0.1, 0.15) is 35.6 Å². The summed E-state index contributed by atoms with van der Waals surface area (Å²) in [6.07, 6.45) is 0.616. The van der Waals surface area contributed by atoms with Crippen molar-refractivity contribution in [1.82, 2.24) is 4.57 Å². The summed E-state index contributed by atoms with van der Waals surface area (Å²) in [4.78, 5) is 13.3. The molecule has 0 fully saturated rings. The van der Waals surface area contributed by atoms with Crippen LogP contribution in [0.3, 0.4) is 0 Å². The third-order valence-electron chi connectivity index (χ3n) is 5.18. The molecule has 7 nitrogen and oxygen atoms in total. The number of hydrogen-bond donors (Lipinski definition) is 2. The molecule has 0 spiro atoms. The number of halogens is 3. The van der Waals surface area contributed by atoms with Crippen molar-refractivity contribution in [2.45, 2.75) is 44.3 Å². The molecule has 0 aliphatic heterocycles. The summed E-state index contributed by atoms with van der Waals surface area (Å²) in [5.41, 5.74) is 1.51. The number of carbonyl (C=O) groups is 1. The average molecular weight is 511 g/mol. The number of anilines is 1. The SMILES string of the molecule is CCc1c(C(=O)Nc2ccc(S(C)(=O)=O)cc2)cc(C[C@H](C)O)n1-c1ccc(F)cc1OC(F)F. The van der Waals surface area contributed by atoms with E-state index in [-0.39, 0.29) is 22.6 Å². The Labute approximate surface area is 201 Å². The van der Waals surface area contributed by atoms with Crippen molar-refractivity contribution < 1.29 is 36.2 Å². The lowest BCUT2D eigenvalue weighted by Gasteiger charge is -2.18. The van der Waals surface area contributed by atoms with E-state index in [2.05, 4.69) is 10.1 Å². The summed E-state index contributed by atoms with van der Waals surface area (Å²) < 4.78 is 69.2. The predicted octanol–water partition coefficient (Wildman–Crippen LogP) is 4.36. The Kier molecular flexibility index (Phi) is 7.91. The summed E-state index contributed by atoms with van der Waals surface area (Å²) in [6.45, 7) is 0.0918. The number of amides is 1. The fraction of sp³-hybridized carbons (Fsp3) is 0.292. The molecule has 35 heavy (non-hydrogen) atoms. The van der Waals surface area contributed by atoms with Gasteiger partial charge in [-0.2, -0.15) is 8.78 Å². The Balaban J connectivity index is 2.08. The zero-order valence-corrected chi connectivity index (χ0v) is 20.1. The molecule has 11 heteroatoms. The van der Waals surface area contributed by atoms with Gasteiger partial charge in [0.05, 0.1) is 22.3 Å². The zero-order valence-electron chi connectivity index (χ0n) is 19.3. The van der Waals surface area contributed by atoms with Gasteiger partial charge in [0.15, 0.2) is 15.6 Å². The molecule has 3 aromatic rings. The lowest BCUT2D eigenvalue weighted by Crippen LogP contribution is -2.15. The van der Waals surface area contributed by atoms with Crippen molar-refractivity contribution in [2.75, 3.05) is 11.6 Å². The number of aliphatic hydroxyl groups is 1. The number of alkyl halides is 2. The predicted molar refractivity (Wildman–Crippen MR) is 125 cm³/mol. The summed E-state index contributed by atoms with van der Waals surface area (Å²) >= 11 is 0. The number of ether oxygens (including phenoxy) is 1. The summed E-state index contributed by atoms with van der Waals surface area (Å²) in [6, 6.07) is 10.3. The maximum atomic E-state index is 13.8. The van der Waals surface area contributed by atoms with Crippen molar-refractivity contribution in [3.63, 3.8) is 0 Å². The molecule has 0 saturated heterocycles. The van der Waals surface area contributed by atoms with Gasteiger partial charge < -0.3 is 19.7 Å². The summed E-state index contributed by atoms with van der Waals surface area (Å²) in [7, 11) is -3.40. The Morgan fingerprint density at radius 3 is 2.34 bits per heavy atom. The van der Waals surface area contributed by atoms with E-state index in [4.69, 9.17) is 0 Å². The zero-order chi connectivity index (χ0) is 25.9.